The topological polar surface area (TPSA) is 45.2 Å². The number of rotatable bonds is 12. The molecule has 0 saturated carbocycles. The maximum absolute atomic E-state index is 10.4. The van der Waals surface area contributed by atoms with Gasteiger partial charge in [-0.1, -0.05) is 50.2 Å². The highest BCUT2D eigenvalue weighted by atomic mass is 16.5. The van der Waals surface area contributed by atoms with Gasteiger partial charge in [0.25, 0.3) is 0 Å². The number of hydrogen-bond acceptors (Lipinski definition) is 5. The van der Waals surface area contributed by atoms with Crippen LogP contribution in [0.5, 0.6) is 11.5 Å². The van der Waals surface area contributed by atoms with Crippen molar-refractivity contribution in [3.63, 3.8) is 0 Å². The molecule has 0 bridgehead atoms. The molecule has 0 spiro atoms. The van der Waals surface area contributed by atoms with Crippen LogP contribution in [0, 0.1) is 0 Å². The second-order valence-corrected chi connectivity index (χ2v) is 7.09. The van der Waals surface area contributed by atoms with Crippen LogP contribution in [0.2, 0.25) is 0 Å². The second-order valence-electron chi connectivity index (χ2n) is 7.09. The molecule has 0 amide bonds. The molecule has 0 aliphatic rings. The molecule has 0 unspecified atom stereocenters. The first-order valence-electron chi connectivity index (χ1n) is 9.98. The molecular weight excluding hydrogens is 352 g/mol. The fraction of sp³-hybridized carbons (Fsp3) is 0.478. The summed E-state index contributed by atoms with van der Waals surface area (Å²) in [5.74, 6) is 1.37. The van der Waals surface area contributed by atoms with E-state index in [2.05, 4.69) is 41.8 Å². The summed E-state index contributed by atoms with van der Waals surface area (Å²) in [5, 5.41) is 10.4. The van der Waals surface area contributed by atoms with E-state index in [4.69, 9.17) is 9.47 Å². The lowest BCUT2D eigenvalue weighted by molar-refractivity contribution is 0.0732. The Kier molecular flexibility index (Phi) is 9.28. The lowest BCUT2D eigenvalue weighted by Crippen LogP contribution is -2.32. The van der Waals surface area contributed by atoms with Crippen LogP contribution in [-0.2, 0) is 13.1 Å². The Balaban J connectivity index is 1.90. The van der Waals surface area contributed by atoms with Crippen LogP contribution in [-0.4, -0.2) is 61.4 Å². The van der Waals surface area contributed by atoms with Crippen molar-refractivity contribution in [1.82, 2.24) is 9.80 Å². The second kappa shape index (κ2) is 11.7. The van der Waals surface area contributed by atoms with Crippen LogP contribution in [0.15, 0.2) is 48.5 Å². The smallest absolute Gasteiger partial charge is 0.161 e. The zero-order valence-electron chi connectivity index (χ0n) is 17.6. The molecule has 5 heteroatoms. The highest BCUT2D eigenvalue weighted by Crippen LogP contribution is 2.28. The number of aliphatic hydroxyl groups is 1. The van der Waals surface area contributed by atoms with Gasteiger partial charge in [-0.05, 0) is 43.4 Å². The van der Waals surface area contributed by atoms with Crippen molar-refractivity contribution in [2.45, 2.75) is 33.0 Å². The van der Waals surface area contributed by atoms with Crippen molar-refractivity contribution in [2.24, 2.45) is 0 Å². The monoisotopic (exact) mass is 386 g/mol. The van der Waals surface area contributed by atoms with E-state index in [0.29, 0.717) is 18.0 Å². The number of ether oxygens (including phenoxy) is 2. The van der Waals surface area contributed by atoms with Gasteiger partial charge >= 0.3 is 0 Å². The van der Waals surface area contributed by atoms with Crippen molar-refractivity contribution in [1.29, 1.82) is 0 Å². The molecule has 5 nitrogen and oxygen atoms in total. The van der Waals surface area contributed by atoms with Crippen molar-refractivity contribution >= 4 is 0 Å². The van der Waals surface area contributed by atoms with Crippen molar-refractivity contribution < 1.29 is 14.6 Å². The molecule has 2 aromatic rings. The molecule has 1 atom stereocenters. The van der Waals surface area contributed by atoms with Gasteiger partial charge in [-0.25, -0.2) is 0 Å². The number of hydrogen-bond donors (Lipinski definition) is 1. The predicted molar refractivity (Wildman–Crippen MR) is 114 cm³/mol. The molecule has 0 heterocycles. The average molecular weight is 387 g/mol. The third-order valence-electron chi connectivity index (χ3n) is 4.78. The summed E-state index contributed by atoms with van der Waals surface area (Å²) in [7, 11) is 3.64. The number of aliphatic hydroxyl groups excluding tert-OH is 1. The molecule has 2 rings (SSSR count). The summed E-state index contributed by atoms with van der Waals surface area (Å²) in [4.78, 5) is 4.44. The Labute approximate surface area is 169 Å². The quantitative estimate of drug-likeness (QED) is 0.606. The van der Waals surface area contributed by atoms with Crippen LogP contribution >= 0.6 is 0 Å². The Hall–Kier alpha value is -2.08. The maximum atomic E-state index is 10.4. The van der Waals surface area contributed by atoms with E-state index in [1.54, 1.807) is 7.11 Å². The molecule has 0 fully saturated rings. The molecular formula is C23H34N2O3. The molecule has 0 radical (unpaired) electrons. The molecule has 0 aliphatic heterocycles. The van der Waals surface area contributed by atoms with E-state index in [1.807, 2.05) is 37.4 Å². The van der Waals surface area contributed by atoms with Gasteiger partial charge < -0.3 is 14.6 Å². The number of likely N-dealkylation sites (N-methyl/N-ethyl adjacent to an activating group) is 1. The van der Waals surface area contributed by atoms with Gasteiger partial charge in [-0.3, -0.25) is 9.80 Å². The van der Waals surface area contributed by atoms with E-state index in [9.17, 15) is 5.11 Å². The van der Waals surface area contributed by atoms with Crippen molar-refractivity contribution in [2.75, 3.05) is 40.4 Å². The molecule has 28 heavy (non-hydrogen) atoms. The summed E-state index contributed by atoms with van der Waals surface area (Å²) in [5.41, 5.74) is 2.40. The fourth-order valence-corrected chi connectivity index (χ4v) is 3.20. The van der Waals surface area contributed by atoms with Gasteiger partial charge in [-0.2, -0.15) is 0 Å². The summed E-state index contributed by atoms with van der Waals surface area (Å²) in [6.07, 6.45) is -0.579. The fourth-order valence-electron chi connectivity index (χ4n) is 3.20. The molecule has 1 N–H and O–H groups in total. The van der Waals surface area contributed by atoms with Gasteiger partial charge in [0.1, 0.15) is 12.7 Å². The summed E-state index contributed by atoms with van der Waals surface area (Å²) in [6, 6.07) is 16.2. The van der Waals surface area contributed by atoms with E-state index in [1.165, 1.54) is 11.1 Å². The average Bonchev–Trinajstić information content (AvgIpc) is 2.71. The highest BCUT2D eigenvalue weighted by Gasteiger charge is 2.13. The minimum absolute atomic E-state index is 0.226. The van der Waals surface area contributed by atoms with Gasteiger partial charge in [0.2, 0.25) is 0 Å². The van der Waals surface area contributed by atoms with Crippen molar-refractivity contribution in [3.05, 3.63) is 59.7 Å². The minimum Gasteiger partial charge on any atom is -0.493 e. The number of benzene rings is 2. The van der Waals surface area contributed by atoms with Gasteiger partial charge in [0.05, 0.1) is 7.11 Å². The van der Waals surface area contributed by atoms with E-state index >= 15 is 0 Å². The van der Waals surface area contributed by atoms with Gasteiger partial charge in [0, 0.05) is 19.6 Å². The van der Waals surface area contributed by atoms with Crippen LogP contribution in [0.4, 0.5) is 0 Å². The molecule has 0 aliphatic carbocycles. The first kappa shape index (κ1) is 22.2. The molecule has 2 aromatic carbocycles. The first-order valence-corrected chi connectivity index (χ1v) is 9.98. The van der Waals surface area contributed by atoms with E-state index in [-0.39, 0.29) is 6.61 Å². The standard InChI is InChI=1S/C23H34N2O3/c1-5-25(6-2)16-20-12-13-22(27-4)23(14-20)28-18-21(26)17-24(3)15-19-10-8-7-9-11-19/h7-14,21,26H,5-6,15-18H2,1-4H3/t21-/m1/s1. The third-order valence-corrected chi connectivity index (χ3v) is 4.78. The lowest BCUT2D eigenvalue weighted by Gasteiger charge is -2.22. The Morgan fingerprint density at radius 3 is 2.29 bits per heavy atom. The third kappa shape index (κ3) is 7.15. The van der Waals surface area contributed by atoms with Gasteiger partial charge in [-0.15, -0.1) is 0 Å². The SMILES string of the molecule is CCN(CC)Cc1ccc(OC)c(OC[C@H](O)CN(C)Cc2ccccc2)c1. The van der Waals surface area contributed by atoms with Crippen molar-refractivity contribution in [3.8, 4) is 11.5 Å². The highest BCUT2D eigenvalue weighted by molar-refractivity contribution is 5.43. The number of methoxy groups -OCH3 is 1. The molecule has 0 saturated heterocycles. The lowest BCUT2D eigenvalue weighted by atomic mass is 10.2. The normalized spacial score (nSPS) is 12.4. The number of nitrogens with zero attached hydrogens (tertiary/aromatic N) is 2. The Bertz CT molecular complexity index is 690. The minimum atomic E-state index is -0.579. The van der Waals surface area contributed by atoms with Crippen LogP contribution in [0.3, 0.4) is 0 Å². The van der Waals surface area contributed by atoms with Crippen LogP contribution in [0.25, 0.3) is 0 Å². The van der Waals surface area contributed by atoms with E-state index < -0.39 is 6.10 Å². The predicted octanol–water partition coefficient (Wildman–Crippen LogP) is 3.41. The largest absolute Gasteiger partial charge is 0.493 e. The molecule has 154 valence electrons. The maximum Gasteiger partial charge on any atom is 0.161 e. The summed E-state index contributed by atoms with van der Waals surface area (Å²) in [6.45, 7) is 8.76. The van der Waals surface area contributed by atoms with E-state index in [0.717, 1.165) is 26.2 Å². The first-order chi connectivity index (χ1) is 13.5. The zero-order chi connectivity index (χ0) is 20.4. The Morgan fingerprint density at radius 2 is 1.64 bits per heavy atom. The Morgan fingerprint density at radius 1 is 0.929 bits per heavy atom. The zero-order valence-corrected chi connectivity index (χ0v) is 17.6. The summed E-state index contributed by atoms with van der Waals surface area (Å²) < 4.78 is 11.3. The van der Waals surface area contributed by atoms with Crippen LogP contribution < -0.4 is 9.47 Å². The molecule has 0 aromatic heterocycles. The van der Waals surface area contributed by atoms with Gasteiger partial charge in [0.15, 0.2) is 11.5 Å². The van der Waals surface area contributed by atoms with Crippen LogP contribution in [0.1, 0.15) is 25.0 Å². The summed E-state index contributed by atoms with van der Waals surface area (Å²) >= 11 is 0.